The lowest BCUT2D eigenvalue weighted by Crippen LogP contribution is -2.47. The molecule has 3 rings (SSSR count). The Bertz CT molecular complexity index is 784. The smallest absolute Gasteiger partial charge is 0.259 e. The third-order valence-corrected chi connectivity index (χ3v) is 4.90. The maximum Gasteiger partial charge on any atom is 0.259 e. The summed E-state index contributed by atoms with van der Waals surface area (Å²) in [7, 11) is 4.04. The van der Waals surface area contributed by atoms with Crippen LogP contribution in [0.1, 0.15) is 22.8 Å². The largest absolute Gasteiger partial charge is 0.359 e. The van der Waals surface area contributed by atoms with Crippen LogP contribution in [-0.4, -0.2) is 72.5 Å². The molecule has 0 saturated carbocycles. The number of benzene rings is 1. The molecule has 1 aliphatic rings. The minimum atomic E-state index is 0.0178. The van der Waals surface area contributed by atoms with E-state index in [0.29, 0.717) is 17.2 Å². The molecule has 1 aromatic carbocycles. The molecule has 2 heterocycles. The van der Waals surface area contributed by atoms with Gasteiger partial charge in [-0.2, -0.15) is 0 Å². The minimum absolute atomic E-state index is 0.0178. The van der Waals surface area contributed by atoms with E-state index in [9.17, 15) is 4.79 Å². The summed E-state index contributed by atoms with van der Waals surface area (Å²) in [6, 6.07) is 8.11. The van der Waals surface area contributed by atoms with E-state index >= 15 is 0 Å². The zero-order valence-corrected chi connectivity index (χ0v) is 16.1. The van der Waals surface area contributed by atoms with E-state index in [2.05, 4.69) is 29.9 Å². The molecule has 2 aromatic rings. The number of aromatic nitrogens is 2. The van der Waals surface area contributed by atoms with E-state index in [4.69, 9.17) is 4.98 Å². The van der Waals surface area contributed by atoms with Crippen molar-refractivity contribution in [1.29, 1.82) is 0 Å². The molecule has 0 radical (unpaired) electrons. The van der Waals surface area contributed by atoms with Gasteiger partial charge in [-0.25, -0.2) is 9.97 Å². The first-order chi connectivity index (χ1) is 12.5. The number of nitrogens with zero attached hydrogens (tertiary/aromatic N) is 5. The van der Waals surface area contributed by atoms with E-state index in [0.717, 1.165) is 43.9 Å². The first kappa shape index (κ1) is 18.3. The first-order valence-corrected chi connectivity index (χ1v) is 9.12. The summed E-state index contributed by atoms with van der Waals surface area (Å²) in [6.45, 7) is 8.15. The molecule has 1 fully saturated rings. The van der Waals surface area contributed by atoms with Crippen LogP contribution in [-0.2, 0) is 0 Å². The Morgan fingerprint density at radius 1 is 1.23 bits per heavy atom. The number of rotatable bonds is 4. The molecule has 1 saturated heterocycles. The molecule has 26 heavy (non-hydrogen) atoms. The van der Waals surface area contributed by atoms with Crippen LogP contribution in [0.4, 0.5) is 5.82 Å². The third kappa shape index (κ3) is 3.85. The van der Waals surface area contributed by atoms with E-state index in [1.54, 1.807) is 6.20 Å². The number of hydrogen-bond acceptors (Lipinski definition) is 5. The number of likely N-dealkylation sites (N-methyl/N-ethyl adjacent to an activating group) is 1. The highest BCUT2D eigenvalue weighted by atomic mass is 16.2. The predicted molar refractivity (Wildman–Crippen MR) is 105 cm³/mol. The average molecular weight is 353 g/mol. The fraction of sp³-hybridized carbons (Fsp3) is 0.450. The Morgan fingerprint density at radius 3 is 2.62 bits per heavy atom. The van der Waals surface area contributed by atoms with E-state index < -0.39 is 0 Å². The van der Waals surface area contributed by atoms with Gasteiger partial charge in [0.15, 0.2) is 5.82 Å². The summed E-state index contributed by atoms with van der Waals surface area (Å²) in [5.74, 6) is 1.37. The molecule has 6 heteroatoms. The summed E-state index contributed by atoms with van der Waals surface area (Å²) in [5.41, 5.74) is 2.71. The van der Waals surface area contributed by atoms with Gasteiger partial charge in [-0.05, 0) is 27.0 Å². The maximum absolute atomic E-state index is 13.1. The second-order valence-corrected chi connectivity index (χ2v) is 6.91. The Kier molecular flexibility index (Phi) is 5.52. The Morgan fingerprint density at radius 2 is 1.96 bits per heavy atom. The van der Waals surface area contributed by atoms with Crippen molar-refractivity contribution in [1.82, 2.24) is 19.8 Å². The van der Waals surface area contributed by atoms with Crippen LogP contribution in [0.3, 0.4) is 0 Å². The summed E-state index contributed by atoms with van der Waals surface area (Å²) >= 11 is 0. The quantitative estimate of drug-likeness (QED) is 0.844. The highest BCUT2D eigenvalue weighted by molar-refractivity contribution is 5.99. The van der Waals surface area contributed by atoms with Crippen LogP contribution in [0.2, 0.25) is 0 Å². The van der Waals surface area contributed by atoms with E-state index in [1.165, 1.54) is 0 Å². The Balaban J connectivity index is 1.96. The number of anilines is 1. The first-order valence-electron chi connectivity index (χ1n) is 9.12. The van der Waals surface area contributed by atoms with Crippen molar-refractivity contribution in [2.24, 2.45) is 0 Å². The Labute approximate surface area is 155 Å². The predicted octanol–water partition coefficient (Wildman–Crippen LogP) is 2.30. The number of carbonyl (C=O) groups excluding carboxylic acids is 1. The molecule has 1 aromatic heterocycles. The molecular weight excluding hydrogens is 326 g/mol. The van der Waals surface area contributed by atoms with Crippen molar-refractivity contribution in [2.75, 3.05) is 51.7 Å². The van der Waals surface area contributed by atoms with Gasteiger partial charge < -0.3 is 14.7 Å². The van der Waals surface area contributed by atoms with Crippen molar-refractivity contribution in [2.45, 2.75) is 13.8 Å². The molecular formula is C20H27N5O. The molecule has 0 bridgehead atoms. The zero-order valence-electron chi connectivity index (χ0n) is 16.1. The molecule has 0 N–H and O–H groups in total. The van der Waals surface area contributed by atoms with Gasteiger partial charge in [0.25, 0.3) is 5.91 Å². The van der Waals surface area contributed by atoms with Gasteiger partial charge >= 0.3 is 0 Å². The molecule has 0 unspecified atom stereocenters. The molecule has 0 atom stereocenters. The van der Waals surface area contributed by atoms with Crippen molar-refractivity contribution in [3.63, 3.8) is 0 Å². The molecule has 6 nitrogen and oxygen atoms in total. The average Bonchev–Trinajstić information content (AvgIpc) is 2.67. The van der Waals surface area contributed by atoms with Crippen molar-refractivity contribution in [3.05, 3.63) is 41.6 Å². The summed E-state index contributed by atoms with van der Waals surface area (Å²) in [5, 5.41) is 0. The lowest BCUT2D eigenvalue weighted by atomic mass is 10.1. The van der Waals surface area contributed by atoms with Gasteiger partial charge in [0, 0.05) is 51.5 Å². The van der Waals surface area contributed by atoms with Crippen LogP contribution >= 0.6 is 0 Å². The molecule has 138 valence electrons. The van der Waals surface area contributed by atoms with Crippen LogP contribution in [0.5, 0.6) is 0 Å². The summed E-state index contributed by atoms with van der Waals surface area (Å²) < 4.78 is 0. The lowest BCUT2D eigenvalue weighted by Gasteiger charge is -2.33. The van der Waals surface area contributed by atoms with Gasteiger partial charge in [0.2, 0.25) is 0 Å². The lowest BCUT2D eigenvalue weighted by molar-refractivity contribution is 0.0664. The molecule has 1 aliphatic heterocycles. The van der Waals surface area contributed by atoms with Gasteiger partial charge in [0.05, 0.1) is 0 Å². The van der Waals surface area contributed by atoms with Crippen molar-refractivity contribution < 1.29 is 4.79 Å². The van der Waals surface area contributed by atoms with E-state index in [-0.39, 0.29) is 5.91 Å². The Hall–Kier alpha value is -2.47. The number of amides is 1. The fourth-order valence-electron chi connectivity index (χ4n) is 3.07. The van der Waals surface area contributed by atoms with Gasteiger partial charge in [-0.1, -0.05) is 23.8 Å². The van der Waals surface area contributed by atoms with Crippen LogP contribution in [0.15, 0.2) is 30.5 Å². The normalized spacial score (nSPS) is 15.2. The molecule has 1 amide bonds. The van der Waals surface area contributed by atoms with Crippen LogP contribution in [0.25, 0.3) is 11.4 Å². The highest BCUT2D eigenvalue weighted by Gasteiger charge is 2.25. The summed E-state index contributed by atoms with van der Waals surface area (Å²) in [4.78, 5) is 28.4. The number of aryl methyl sites for hydroxylation is 1. The number of hydrogen-bond donors (Lipinski definition) is 0. The monoisotopic (exact) mass is 353 g/mol. The maximum atomic E-state index is 13.1. The zero-order chi connectivity index (χ0) is 18.7. The number of carbonyl (C=O) groups is 1. The van der Waals surface area contributed by atoms with Crippen LogP contribution in [0, 0.1) is 6.92 Å². The minimum Gasteiger partial charge on any atom is -0.359 e. The van der Waals surface area contributed by atoms with Gasteiger partial charge in [-0.15, -0.1) is 0 Å². The fourth-order valence-corrected chi connectivity index (χ4v) is 3.07. The third-order valence-electron chi connectivity index (χ3n) is 4.90. The van der Waals surface area contributed by atoms with E-state index in [1.807, 2.05) is 42.0 Å². The SMILES string of the molecule is CCN(C)c1nc(-c2cccc(C)c2)ncc1C(=O)N1CCN(C)CC1. The second-order valence-electron chi connectivity index (χ2n) is 6.91. The van der Waals surface area contributed by atoms with Gasteiger partial charge in [-0.3, -0.25) is 4.79 Å². The highest BCUT2D eigenvalue weighted by Crippen LogP contribution is 2.24. The summed E-state index contributed by atoms with van der Waals surface area (Å²) in [6.07, 6.45) is 1.69. The van der Waals surface area contributed by atoms with Crippen molar-refractivity contribution >= 4 is 11.7 Å². The standard InChI is InChI=1S/C20H27N5O/c1-5-24(4)19-17(20(26)25-11-9-23(3)10-12-25)14-21-18(22-19)16-8-6-7-15(2)13-16/h6-8,13-14H,5,9-12H2,1-4H3. The molecule has 0 aliphatic carbocycles. The van der Waals surface area contributed by atoms with Crippen LogP contribution < -0.4 is 4.90 Å². The van der Waals surface area contributed by atoms with Crippen molar-refractivity contribution in [3.8, 4) is 11.4 Å². The topological polar surface area (TPSA) is 52.6 Å². The second kappa shape index (κ2) is 7.83. The number of piperazine rings is 1. The molecule has 0 spiro atoms. The van der Waals surface area contributed by atoms with Gasteiger partial charge in [0.1, 0.15) is 11.4 Å².